The predicted molar refractivity (Wildman–Crippen MR) is 100 cm³/mol. The summed E-state index contributed by atoms with van der Waals surface area (Å²) < 4.78 is 1.85. The van der Waals surface area contributed by atoms with Crippen LogP contribution in [0.1, 0.15) is 12.0 Å². The molecule has 1 aromatic carbocycles. The zero-order chi connectivity index (χ0) is 18.6. The lowest BCUT2D eigenvalue weighted by Crippen LogP contribution is -2.53. The van der Waals surface area contributed by atoms with E-state index in [1.165, 1.54) is 10.5 Å². The van der Waals surface area contributed by atoms with Crippen LogP contribution >= 0.6 is 0 Å². The minimum absolute atomic E-state index is 0.206. The molecule has 0 aliphatic carbocycles. The van der Waals surface area contributed by atoms with Crippen molar-refractivity contribution < 1.29 is 4.79 Å². The van der Waals surface area contributed by atoms with Crippen LogP contribution in [0.25, 0.3) is 16.6 Å². The Balaban J connectivity index is 1.50. The van der Waals surface area contributed by atoms with Gasteiger partial charge >= 0.3 is 0 Å². The summed E-state index contributed by atoms with van der Waals surface area (Å²) in [5.41, 5.74) is 3.06. The molecule has 8 nitrogen and oxygen atoms in total. The lowest BCUT2D eigenvalue weighted by molar-refractivity contribution is -0.128. The van der Waals surface area contributed by atoms with E-state index in [0.717, 1.165) is 22.3 Å². The fourth-order valence-corrected chi connectivity index (χ4v) is 3.82. The summed E-state index contributed by atoms with van der Waals surface area (Å²) in [6.07, 6.45) is 6.09. The molecule has 1 fully saturated rings. The summed E-state index contributed by atoms with van der Waals surface area (Å²) in [6, 6.07) is 8.17. The molecule has 2 aliphatic rings. The number of anilines is 2. The van der Waals surface area contributed by atoms with Crippen LogP contribution in [0.2, 0.25) is 0 Å². The molecular formula is C19H17N7O. The van der Waals surface area contributed by atoms with E-state index in [1.807, 2.05) is 29.2 Å². The van der Waals surface area contributed by atoms with Crippen LogP contribution in [0.5, 0.6) is 0 Å². The third-order valence-corrected chi connectivity index (χ3v) is 5.32. The number of nitrogens with one attached hydrogen (secondary N) is 2. The number of hydrogen-bond donors (Lipinski definition) is 2. The van der Waals surface area contributed by atoms with Gasteiger partial charge in [-0.25, -0.2) is 14.6 Å². The molecule has 134 valence electrons. The summed E-state index contributed by atoms with van der Waals surface area (Å²) >= 11 is 0. The Morgan fingerprint density at radius 2 is 2.19 bits per heavy atom. The third kappa shape index (κ3) is 2.25. The van der Waals surface area contributed by atoms with Crippen LogP contribution in [0, 0.1) is 18.4 Å². The molecule has 5 rings (SSSR count). The van der Waals surface area contributed by atoms with E-state index in [9.17, 15) is 4.79 Å². The average Bonchev–Trinajstić information content (AvgIpc) is 3.23. The van der Waals surface area contributed by atoms with Crippen molar-refractivity contribution in [2.45, 2.75) is 18.9 Å². The Morgan fingerprint density at radius 1 is 1.30 bits per heavy atom. The van der Waals surface area contributed by atoms with Gasteiger partial charge in [0.15, 0.2) is 6.19 Å². The molecule has 1 unspecified atom stereocenters. The Labute approximate surface area is 155 Å². The topological polar surface area (TPSA) is 98.9 Å². The number of fused-ring (bicyclic) bond motifs is 2. The van der Waals surface area contributed by atoms with Crippen LogP contribution in [0.15, 0.2) is 36.7 Å². The molecular weight excluding hydrogens is 342 g/mol. The highest BCUT2D eigenvalue weighted by Crippen LogP contribution is 2.35. The van der Waals surface area contributed by atoms with Crippen molar-refractivity contribution in [3.63, 3.8) is 0 Å². The van der Waals surface area contributed by atoms with E-state index < -0.39 is 5.54 Å². The quantitative estimate of drug-likeness (QED) is 0.645. The van der Waals surface area contributed by atoms with E-state index in [1.54, 1.807) is 6.20 Å². The molecule has 8 heteroatoms. The highest BCUT2D eigenvalue weighted by atomic mass is 16.2. The molecule has 0 radical (unpaired) electrons. The van der Waals surface area contributed by atoms with Crippen molar-refractivity contribution >= 4 is 28.3 Å². The van der Waals surface area contributed by atoms with E-state index in [2.05, 4.69) is 39.8 Å². The van der Waals surface area contributed by atoms with Crippen LogP contribution in [-0.2, 0) is 4.79 Å². The second-order valence-corrected chi connectivity index (χ2v) is 7.08. The fourth-order valence-electron chi connectivity index (χ4n) is 3.82. The number of carbonyl (C=O) groups excluding carboxylic acids is 1. The molecule has 0 bridgehead atoms. The second-order valence-electron chi connectivity index (χ2n) is 7.08. The second kappa shape index (κ2) is 5.45. The zero-order valence-electron chi connectivity index (χ0n) is 14.7. The van der Waals surface area contributed by atoms with Crippen molar-refractivity contribution in [3.8, 4) is 11.9 Å². The summed E-state index contributed by atoms with van der Waals surface area (Å²) in [7, 11) is 0. The lowest BCUT2D eigenvalue weighted by atomic mass is 9.95. The van der Waals surface area contributed by atoms with Gasteiger partial charge in [0.2, 0.25) is 0 Å². The SMILES string of the molecule is Cc1ccc2c(cnn2-c2cnc3c(c2)NCC2(CCN(C#N)C2=O)N3)c1. The number of rotatable bonds is 1. The molecule has 1 atom stereocenters. The maximum atomic E-state index is 12.5. The zero-order valence-corrected chi connectivity index (χ0v) is 14.7. The van der Waals surface area contributed by atoms with Crippen molar-refractivity contribution in [1.82, 2.24) is 19.7 Å². The van der Waals surface area contributed by atoms with Gasteiger partial charge in [0, 0.05) is 24.9 Å². The molecule has 3 aromatic rings. The first-order valence-electron chi connectivity index (χ1n) is 8.78. The number of benzene rings is 1. The lowest BCUT2D eigenvalue weighted by Gasteiger charge is -2.34. The Morgan fingerprint density at radius 3 is 3.00 bits per heavy atom. The maximum absolute atomic E-state index is 12.5. The Hall–Kier alpha value is -3.60. The van der Waals surface area contributed by atoms with Gasteiger partial charge in [0.1, 0.15) is 11.4 Å². The van der Waals surface area contributed by atoms with Crippen molar-refractivity contribution in [1.29, 1.82) is 5.26 Å². The van der Waals surface area contributed by atoms with Crippen LogP contribution in [0.4, 0.5) is 11.5 Å². The number of nitriles is 1. The van der Waals surface area contributed by atoms with Gasteiger partial charge in [-0.15, -0.1) is 0 Å². The number of nitrogens with zero attached hydrogens (tertiary/aromatic N) is 5. The third-order valence-electron chi connectivity index (χ3n) is 5.32. The van der Waals surface area contributed by atoms with Crippen molar-refractivity contribution in [2.75, 3.05) is 23.7 Å². The molecule has 1 spiro atoms. The minimum Gasteiger partial charge on any atom is -0.379 e. The molecule has 2 aliphatic heterocycles. The number of aryl methyl sites for hydroxylation is 1. The summed E-state index contributed by atoms with van der Waals surface area (Å²) in [4.78, 5) is 18.2. The number of hydrogen-bond acceptors (Lipinski definition) is 6. The van der Waals surface area contributed by atoms with Crippen molar-refractivity contribution in [3.05, 3.63) is 42.2 Å². The number of aromatic nitrogens is 3. The molecule has 1 saturated heterocycles. The van der Waals surface area contributed by atoms with Crippen LogP contribution < -0.4 is 10.6 Å². The highest BCUT2D eigenvalue weighted by Gasteiger charge is 2.49. The van der Waals surface area contributed by atoms with E-state index in [-0.39, 0.29) is 5.91 Å². The van der Waals surface area contributed by atoms with Gasteiger partial charge in [-0.1, -0.05) is 11.6 Å². The van der Waals surface area contributed by atoms with Gasteiger partial charge in [0.05, 0.1) is 29.3 Å². The monoisotopic (exact) mass is 359 g/mol. The smallest absolute Gasteiger partial charge is 0.263 e. The van der Waals surface area contributed by atoms with Gasteiger partial charge in [-0.2, -0.15) is 10.4 Å². The normalized spacial score (nSPS) is 21.0. The van der Waals surface area contributed by atoms with Crippen molar-refractivity contribution in [2.24, 2.45) is 0 Å². The first-order chi connectivity index (χ1) is 13.1. The Kier molecular flexibility index (Phi) is 3.15. The minimum atomic E-state index is -0.798. The van der Waals surface area contributed by atoms with E-state index >= 15 is 0 Å². The standard InChI is InChI=1S/C19H17N7O/c1-12-2-3-16-13(6-12)8-23-26(16)14-7-15-17(21-9-14)24-19(10-22-15)4-5-25(11-20)18(19)27/h2-3,6-9,22H,4-5,10H2,1H3,(H,21,24). The van der Waals surface area contributed by atoms with Gasteiger partial charge < -0.3 is 10.6 Å². The first kappa shape index (κ1) is 15.6. The number of amides is 1. The molecule has 4 heterocycles. The molecule has 1 amide bonds. The highest BCUT2D eigenvalue weighted by molar-refractivity contribution is 5.95. The summed E-state index contributed by atoms with van der Waals surface area (Å²) in [6.45, 7) is 2.90. The summed E-state index contributed by atoms with van der Waals surface area (Å²) in [5, 5.41) is 21.2. The molecule has 0 saturated carbocycles. The van der Waals surface area contributed by atoms with Gasteiger partial charge in [-0.05, 0) is 25.1 Å². The number of carbonyl (C=O) groups is 1. The number of likely N-dealkylation sites (tertiary alicyclic amines) is 1. The maximum Gasteiger partial charge on any atom is 0.263 e. The molecule has 2 aromatic heterocycles. The number of pyridine rings is 1. The fraction of sp³-hybridized carbons (Fsp3) is 0.263. The molecule has 2 N–H and O–H groups in total. The summed E-state index contributed by atoms with van der Waals surface area (Å²) in [5.74, 6) is 0.410. The first-order valence-corrected chi connectivity index (χ1v) is 8.78. The van der Waals surface area contributed by atoms with Crippen LogP contribution in [0.3, 0.4) is 0 Å². The van der Waals surface area contributed by atoms with Crippen LogP contribution in [-0.4, -0.2) is 44.2 Å². The van der Waals surface area contributed by atoms with Gasteiger partial charge in [0.25, 0.3) is 5.91 Å². The predicted octanol–water partition coefficient (Wildman–Crippen LogP) is 2.02. The average molecular weight is 359 g/mol. The molecule has 27 heavy (non-hydrogen) atoms. The van der Waals surface area contributed by atoms with Gasteiger partial charge in [-0.3, -0.25) is 4.79 Å². The van der Waals surface area contributed by atoms with E-state index in [4.69, 9.17) is 5.26 Å². The van der Waals surface area contributed by atoms with E-state index in [0.29, 0.717) is 25.3 Å². The Bertz CT molecular complexity index is 1130. The largest absolute Gasteiger partial charge is 0.379 e.